The number of phenols is 1. The minimum Gasteiger partial charge on any atom is -0.507 e. The second-order valence-electron chi connectivity index (χ2n) is 12.0. The highest BCUT2D eigenvalue weighted by Gasteiger charge is 2.46. The molecule has 2 aromatic carbocycles. The summed E-state index contributed by atoms with van der Waals surface area (Å²) in [6.45, 7) is 2.15. The van der Waals surface area contributed by atoms with Gasteiger partial charge in [-0.2, -0.15) is 0 Å². The van der Waals surface area contributed by atoms with Gasteiger partial charge in [0.15, 0.2) is 5.76 Å². The van der Waals surface area contributed by atoms with Crippen LogP contribution in [0.4, 0.5) is 0 Å². The zero-order valence-electron chi connectivity index (χ0n) is 26.7. The third-order valence-corrected chi connectivity index (χ3v) is 8.41. The zero-order valence-corrected chi connectivity index (χ0v) is 26.7. The first kappa shape index (κ1) is 36.5. The lowest BCUT2D eigenvalue weighted by atomic mass is 9.99. The third kappa shape index (κ3) is 7.11. The fourth-order valence-corrected chi connectivity index (χ4v) is 5.57. The maximum Gasteiger partial charge on any atom is 0.239 e. The lowest BCUT2D eigenvalue weighted by molar-refractivity contribution is -0.277. The van der Waals surface area contributed by atoms with E-state index in [1.165, 1.54) is 19.2 Å². The van der Waals surface area contributed by atoms with Crippen molar-refractivity contribution >= 4 is 11.0 Å². The molecular weight excluding hydrogens is 652 g/mol. The largest absolute Gasteiger partial charge is 0.507 e. The van der Waals surface area contributed by atoms with Gasteiger partial charge in [-0.1, -0.05) is 11.6 Å². The van der Waals surface area contributed by atoms with Crippen LogP contribution < -0.4 is 19.6 Å². The molecule has 0 radical (unpaired) electrons. The van der Waals surface area contributed by atoms with Crippen molar-refractivity contribution in [1.29, 1.82) is 0 Å². The Morgan fingerprint density at radius 1 is 0.816 bits per heavy atom. The number of rotatable bonds is 10. The Kier molecular flexibility index (Phi) is 11.1. The lowest BCUT2D eigenvalue weighted by Crippen LogP contribution is -2.60. The number of allylic oxidation sites excluding steroid dienone is 2. The van der Waals surface area contributed by atoms with Crippen LogP contribution in [0.3, 0.4) is 0 Å². The summed E-state index contributed by atoms with van der Waals surface area (Å²) in [6, 6.07) is 7.26. The first-order chi connectivity index (χ1) is 23.3. The maximum absolute atomic E-state index is 14.3. The van der Waals surface area contributed by atoms with Gasteiger partial charge in [-0.25, -0.2) is 0 Å². The first-order valence-electron chi connectivity index (χ1n) is 15.4. The second kappa shape index (κ2) is 15.0. The number of benzene rings is 2. The molecule has 2 fully saturated rings. The molecule has 0 bridgehead atoms. The van der Waals surface area contributed by atoms with Gasteiger partial charge >= 0.3 is 0 Å². The predicted molar refractivity (Wildman–Crippen MR) is 168 cm³/mol. The monoisotopic (exact) mass is 692 g/mol. The minimum absolute atomic E-state index is 0.0454. The number of hydrogen-bond acceptors (Lipinski definition) is 16. The molecule has 2 saturated heterocycles. The number of hydrogen-bond donors (Lipinski definition) is 9. The molecule has 0 saturated carbocycles. The minimum atomic E-state index is -1.88. The quantitative estimate of drug-likeness (QED) is 0.116. The van der Waals surface area contributed by atoms with Crippen molar-refractivity contribution in [3.8, 4) is 34.3 Å². The van der Waals surface area contributed by atoms with Crippen molar-refractivity contribution < 1.29 is 74.1 Å². The standard InChI is InChI=1S/C33H40O16/c1-13(2)4-9-16-18(45-32-27(42)25(40)22(37)19(11-34)46-32)10-17(36)21-24(39)31(49-33-28(43)26(41)23(38)20(12-35)47-33)29(48-30(16)21)14-5-7-15(44-3)8-6-14/h4-8,10,19-20,22-23,25-28,32-38,40-43H,9,11-12H2,1-3H3/t19-,20-,22-,23-,25+,26+,27-,28-,32+,33-/m1/s1. The molecule has 49 heavy (non-hydrogen) atoms. The lowest BCUT2D eigenvalue weighted by Gasteiger charge is -2.39. The first-order valence-corrected chi connectivity index (χ1v) is 15.4. The molecule has 3 aromatic rings. The van der Waals surface area contributed by atoms with Crippen molar-refractivity contribution in [2.45, 2.75) is 81.7 Å². The Balaban J connectivity index is 1.71. The summed E-state index contributed by atoms with van der Waals surface area (Å²) in [4.78, 5) is 14.3. The Hall–Kier alpha value is -3.81. The molecule has 2 aliphatic heterocycles. The van der Waals surface area contributed by atoms with E-state index < -0.39 is 96.9 Å². The van der Waals surface area contributed by atoms with Gasteiger partial charge in [0.05, 0.1) is 20.3 Å². The molecule has 9 N–H and O–H groups in total. The molecule has 0 unspecified atom stereocenters. The van der Waals surface area contributed by atoms with Gasteiger partial charge < -0.3 is 74.1 Å². The highest BCUT2D eigenvalue weighted by atomic mass is 16.7. The van der Waals surface area contributed by atoms with Gasteiger partial charge in [0, 0.05) is 17.2 Å². The van der Waals surface area contributed by atoms with Gasteiger partial charge in [0.25, 0.3) is 0 Å². The van der Waals surface area contributed by atoms with Crippen molar-refractivity contribution in [2.75, 3.05) is 20.3 Å². The van der Waals surface area contributed by atoms with E-state index in [0.717, 1.165) is 11.6 Å². The summed E-state index contributed by atoms with van der Waals surface area (Å²) in [6.07, 6.45) is -14.9. The number of aliphatic hydroxyl groups is 8. The van der Waals surface area contributed by atoms with Crippen LogP contribution in [0, 0.1) is 0 Å². The van der Waals surface area contributed by atoms with Crippen molar-refractivity contribution in [1.82, 2.24) is 0 Å². The van der Waals surface area contributed by atoms with Crippen LogP contribution in [0.5, 0.6) is 23.0 Å². The van der Waals surface area contributed by atoms with Gasteiger partial charge in [0.2, 0.25) is 23.8 Å². The Morgan fingerprint density at radius 2 is 1.37 bits per heavy atom. The average molecular weight is 693 g/mol. The Labute approximate surface area is 279 Å². The summed E-state index contributed by atoms with van der Waals surface area (Å²) in [5.41, 5.74) is 0.151. The average Bonchev–Trinajstić information content (AvgIpc) is 3.09. The molecule has 5 rings (SSSR count). The fraction of sp³-hybridized carbons (Fsp3) is 0.485. The molecule has 0 spiro atoms. The molecule has 10 atom stereocenters. The van der Waals surface area contributed by atoms with E-state index in [0.29, 0.717) is 5.75 Å². The molecule has 2 aliphatic rings. The predicted octanol–water partition coefficient (Wildman–Crippen LogP) is -0.960. The number of aliphatic hydroxyl groups excluding tert-OH is 8. The van der Waals surface area contributed by atoms with Crippen LogP contribution in [-0.2, 0) is 15.9 Å². The number of aromatic hydroxyl groups is 1. The SMILES string of the molecule is COc1ccc(-c2oc3c(CC=C(C)C)c(O[C@H]4O[C@H](CO)[C@@H](O)[C@H](O)[C@H]4O)cc(O)c3c(=O)c2O[C@H]2O[C@H](CO)[C@@H](O)[C@H](O)[C@H]2O)cc1. The van der Waals surface area contributed by atoms with Crippen LogP contribution in [0.15, 0.2) is 51.2 Å². The van der Waals surface area contributed by atoms with Crippen molar-refractivity contribution in [2.24, 2.45) is 0 Å². The fourth-order valence-electron chi connectivity index (χ4n) is 5.57. The van der Waals surface area contributed by atoms with Gasteiger partial charge in [0.1, 0.15) is 77.0 Å². The van der Waals surface area contributed by atoms with E-state index in [-0.39, 0.29) is 34.6 Å². The third-order valence-electron chi connectivity index (χ3n) is 8.41. The van der Waals surface area contributed by atoms with E-state index in [9.17, 15) is 50.8 Å². The van der Waals surface area contributed by atoms with Gasteiger partial charge in [-0.3, -0.25) is 4.79 Å². The van der Waals surface area contributed by atoms with E-state index in [2.05, 4.69) is 0 Å². The van der Waals surface area contributed by atoms with Gasteiger partial charge in [-0.05, 0) is 44.5 Å². The summed E-state index contributed by atoms with van der Waals surface area (Å²) in [5, 5.41) is 92.6. The van der Waals surface area contributed by atoms with Crippen LogP contribution >= 0.6 is 0 Å². The molecule has 3 heterocycles. The highest BCUT2D eigenvalue weighted by molar-refractivity contribution is 5.91. The smallest absolute Gasteiger partial charge is 0.239 e. The van der Waals surface area contributed by atoms with E-state index in [4.69, 9.17) is 28.1 Å². The number of methoxy groups -OCH3 is 1. The van der Waals surface area contributed by atoms with Crippen molar-refractivity contribution in [3.05, 3.63) is 57.8 Å². The Morgan fingerprint density at radius 3 is 1.88 bits per heavy atom. The number of fused-ring (bicyclic) bond motifs is 1. The normalized spacial score (nSPS) is 30.2. The molecule has 16 heteroatoms. The molecule has 0 amide bonds. The summed E-state index contributed by atoms with van der Waals surface area (Å²) in [7, 11) is 1.45. The molecule has 1 aromatic heterocycles. The molecule has 16 nitrogen and oxygen atoms in total. The zero-order chi connectivity index (χ0) is 35.7. The highest BCUT2D eigenvalue weighted by Crippen LogP contribution is 2.41. The van der Waals surface area contributed by atoms with Gasteiger partial charge in [-0.15, -0.1) is 0 Å². The van der Waals surface area contributed by atoms with Crippen LogP contribution in [0.2, 0.25) is 0 Å². The summed E-state index contributed by atoms with van der Waals surface area (Å²) < 4.78 is 34.3. The molecule has 268 valence electrons. The number of phenolic OH excluding ortho intramolecular Hbond substituents is 1. The van der Waals surface area contributed by atoms with E-state index >= 15 is 0 Å². The summed E-state index contributed by atoms with van der Waals surface area (Å²) in [5.74, 6) is -1.14. The maximum atomic E-state index is 14.3. The Bertz CT molecular complexity index is 1700. The van der Waals surface area contributed by atoms with Crippen LogP contribution in [-0.4, -0.2) is 128 Å². The molecule has 0 aliphatic carbocycles. The van der Waals surface area contributed by atoms with E-state index in [1.54, 1.807) is 18.2 Å². The topological polar surface area (TPSA) is 258 Å². The second-order valence-corrected chi connectivity index (χ2v) is 12.0. The van der Waals surface area contributed by atoms with Crippen molar-refractivity contribution in [3.63, 3.8) is 0 Å². The van der Waals surface area contributed by atoms with E-state index in [1.807, 2.05) is 13.8 Å². The summed E-state index contributed by atoms with van der Waals surface area (Å²) >= 11 is 0. The molecular formula is C33H40O16. The van der Waals surface area contributed by atoms with Crippen LogP contribution in [0.1, 0.15) is 19.4 Å². The number of ether oxygens (including phenoxy) is 5. The van der Waals surface area contributed by atoms with Crippen LogP contribution in [0.25, 0.3) is 22.3 Å².